The zero-order chi connectivity index (χ0) is 20.5. The molecule has 0 aromatic carbocycles. The number of hydrogen-bond donors (Lipinski definition) is 1. The molecule has 1 fully saturated rings. The van der Waals surface area contributed by atoms with Gasteiger partial charge in [0, 0.05) is 37.3 Å². The van der Waals surface area contributed by atoms with E-state index in [2.05, 4.69) is 15.3 Å². The Morgan fingerprint density at radius 3 is 2.50 bits per heavy atom. The van der Waals surface area contributed by atoms with E-state index in [1.807, 2.05) is 23.6 Å². The third-order valence-corrected chi connectivity index (χ3v) is 5.73. The van der Waals surface area contributed by atoms with E-state index >= 15 is 0 Å². The molecule has 0 saturated carbocycles. The van der Waals surface area contributed by atoms with E-state index in [-0.39, 0.29) is 17.5 Å². The predicted molar refractivity (Wildman–Crippen MR) is 103 cm³/mol. The van der Waals surface area contributed by atoms with E-state index in [1.165, 1.54) is 11.3 Å². The lowest BCUT2D eigenvalue weighted by Crippen LogP contribution is -2.49. The Bertz CT molecular complexity index is 845. The molecule has 2 aromatic heterocycles. The van der Waals surface area contributed by atoms with E-state index in [9.17, 15) is 18.0 Å². The van der Waals surface area contributed by atoms with E-state index in [1.54, 1.807) is 0 Å². The lowest BCUT2D eigenvalue weighted by Gasteiger charge is -2.35. The zero-order valence-electron chi connectivity index (χ0n) is 15.3. The topological polar surface area (TPSA) is 61.4 Å². The number of alkyl halides is 3. The van der Waals surface area contributed by atoms with Crippen molar-refractivity contribution in [2.45, 2.75) is 20.0 Å². The summed E-state index contributed by atoms with van der Waals surface area (Å²) in [6.07, 6.45) is -3.69. The van der Waals surface area contributed by atoms with Gasteiger partial charge in [-0.15, -0.1) is 11.3 Å². The maximum absolute atomic E-state index is 12.7. The third kappa shape index (κ3) is 4.92. The fraction of sp³-hybridized carbons (Fsp3) is 0.471. The van der Waals surface area contributed by atoms with Crippen molar-refractivity contribution < 1.29 is 18.0 Å². The molecule has 6 nitrogen and oxygen atoms in total. The number of pyridine rings is 1. The molecule has 152 valence electrons. The maximum atomic E-state index is 12.7. The SMILES string of the molecule is Cc1nc(NC(=O)CN2CCN(c3ncc(C(F)(F)F)cc3Cl)CC2)sc1C. The number of nitrogens with zero attached hydrogens (tertiary/aromatic N) is 4. The number of piperazine rings is 1. The molecule has 1 aliphatic heterocycles. The Morgan fingerprint density at radius 2 is 1.96 bits per heavy atom. The first-order chi connectivity index (χ1) is 13.1. The molecule has 1 amide bonds. The summed E-state index contributed by atoms with van der Waals surface area (Å²) in [4.78, 5) is 25.2. The van der Waals surface area contributed by atoms with Crippen LogP contribution in [0.15, 0.2) is 12.3 Å². The van der Waals surface area contributed by atoms with Gasteiger partial charge in [0.2, 0.25) is 5.91 Å². The second-order valence-corrected chi connectivity index (χ2v) is 8.11. The van der Waals surface area contributed by atoms with Crippen molar-refractivity contribution >= 4 is 39.8 Å². The molecule has 28 heavy (non-hydrogen) atoms. The van der Waals surface area contributed by atoms with Crippen LogP contribution in [-0.4, -0.2) is 53.5 Å². The monoisotopic (exact) mass is 433 g/mol. The highest BCUT2D eigenvalue weighted by molar-refractivity contribution is 7.15. The average Bonchev–Trinajstić information content (AvgIpc) is 2.92. The molecule has 0 spiro atoms. The lowest BCUT2D eigenvalue weighted by atomic mass is 10.2. The number of nitrogens with one attached hydrogen (secondary N) is 1. The van der Waals surface area contributed by atoms with Crippen LogP contribution in [0.3, 0.4) is 0 Å². The number of hydrogen-bond acceptors (Lipinski definition) is 6. The normalized spacial score (nSPS) is 15.7. The van der Waals surface area contributed by atoms with Gasteiger partial charge < -0.3 is 10.2 Å². The van der Waals surface area contributed by atoms with E-state index < -0.39 is 11.7 Å². The van der Waals surface area contributed by atoms with Gasteiger partial charge in [0.1, 0.15) is 5.82 Å². The summed E-state index contributed by atoms with van der Waals surface area (Å²) in [5, 5.41) is 3.35. The van der Waals surface area contributed by atoms with Gasteiger partial charge >= 0.3 is 6.18 Å². The average molecular weight is 434 g/mol. The van der Waals surface area contributed by atoms with Crippen molar-refractivity contribution in [2.24, 2.45) is 0 Å². The lowest BCUT2D eigenvalue weighted by molar-refractivity contribution is -0.137. The molecule has 1 aliphatic rings. The number of aryl methyl sites for hydroxylation is 2. The van der Waals surface area contributed by atoms with Gasteiger partial charge in [-0.25, -0.2) is 9.97 Å². The number of carbonyl (C=O) groups is 1. The minimum atomic E-state index is -4.48. The van der Waals surface area contributed by atoms with Crippen LogP contribution in [0.2, 0.25) is 5.02 Å². The van der Waals surface area contributed by atoms with Crippen molar-refractivity contribution in [3.8, 4) is 0 Å². The smallest absolute Gasteiger partial charge is 0.353 e. The molecule has 3 rings (SSSR count). The third-order valence-electron chi connectivity index (χ3n) is 4.46. The van der Waals surface area contributed by atoms with Gasteiger partial charge in [0.05, 0.1) is 22.8 Å². The van der Waals surface area contributed by atoms with Crippen LogP contribution in [0.1, 0.15) is 16.1 Å². The molecule has 1 saturated heterocycles. The summed E-state index contributed by atoms with van der Waals surface area (Å²) in [7, 11) is 0. The number of carbonyl (C=O) groups excluding carboxylic acids is 1. The van der Waals surface area contributed by atoms with Gasteiger partial charge in [0.15, 0.2) is 5.13 Å². The number of halogens is 4. The summed E-state index contributed by atoms with van der Waals surface area (Å²) in [5.74, 6) is 0.181. The minimum Gasteiger partial charge on any atom is -0.353 e. The molecule has 0 bridgehead atoms. The van der Waals surface area contributed by atoms with Crippen LogP contribution >= 0.6 is 22.9 Å². The van der Waals surface area contributed by atoms with Gasteiger partial charge in [0.25, 0.3) is 0 Å². The van der Waals surface area contributed by atoms with Gasteiger partial charge in [-0.1, -0.05) is 11.6 Å². The van der Waals surface area contributed by atoms with Gasteiger partial charge in [-0.2, -0.15) is 13.2 Å². The van der Waals surface area contributed by atoms with Crippen molar-refractivity contribution in [1.29, 1.82) is 0 Å². The molecular weight excluding hydrogens is 415 g/mol. The first-order valence-electron chi connectivity index (χ1n) is 8.57. The molecule has 2 aromatic rings. The largest absolute Gasteiger partial charge is 0.417 e. The van der Waals surface area contributed by atoms with Crippen LogP contribution in [-0.2, 0) is 11.0 Å². The van der Waals surface area contributed by atoms with Crippen molar-refractivity contribution in [3.63, 3.8) is 0 Å². The number of rotatable bonds is 4. The van der Waals surface area contributed by atoms with E-state index in [0.717, 1.165) is 22.8 Å². The van der Waals surface area contributed by atoms with E-state index in [4.69, 9.17) is 11.6 Å². The van der Waals surface area contributed by atoms with Gasteiger partial charge in [-0.05, 0) is 19.9 Å². The summed E-state index contributed by atoms with van der Waals surface area (Å²) in [6, 6.07) is 0.891. The number of aromatic nitrogens is 2. The molecular formula is C17H19ClF3N5OS. The first kappa shape index (κ1) is 20.8. The number of thiazole rings is 1. The Balaban J connectivity index is 1.53. The van der Waals surface area contributed by atoms with Crippen LogP contribution in [0.5, 0.6) is 0 Å². The van der Waals surface area contributed by atoms with Crippen molar-refractivity contribution in [1.82, 2.24) is 14.9 Å². The quantitative estimate of drug-likeness (QED) is 0.798. The van der Waals surface area contributed by atoms with Gasteiger partial charge in [-0.3, -0.25) is 9.69 Å². The Labute approximate surface area is 169 Å². The summed E-state index contributed by atoms with van der Waals surface area (Å²) in [5.41, 5.74) is 0.0269. The molecule has 11 heteroatoms. The Kier molecular flexibility index (Phi) is 6.11. The van der Waals surface area contributed by atoms with E-state index in [0.29, 0.717) is 37.1 Å². The predicted octanol–water partition coefficient (Wildman–Crippen LogP) is 3.59. The summed E-state index contributed by atoms with van der Waals surface area (Å²) < 4.78 is 38.2. The van der Waals surface area contributed by atoms with Crippen LogP contribution in [0.4, 0.5) is 24.1 Å². The number of anilines is 2. The van der Waals surface area contributed by atoms with Crippen molar-refractivity contribution in [2.75, 3.05) is 42.9 Å². The Morgan fingerprint density at radius 1 is 1.29 bits per heavy atom. The molecule has 1 N–H and O–H groups in total. The molecule has 0 unspecified atom stereocenters. The number of amides is 1. The summed E-state index contributed by atoms with van der Waals surface area (Å²) in [6.45, 7) is 6.23. The molecule has 0 radical (unpaired) electrons. The highest BCUT2D eigenvalue weighted by atomic mass is 35.5. The highest BCUT2D eigenvalue weighted by Crippen LogP contribution is 2.33. The first-order valence-corrected chi connectivity index (χ1v) is 9.77. The highest BCUT2D eigenvalue weighted by Gasteiger charge is 2.32. The Hall–Kier alpha value is -1.91. The van der Waals surface area contributed by atoms with Crippen LogP contribution < -0.4 is 10.2 Å². The molecule has 0 aliphatic carbocycles. The molecule has 3 heterocycles. The maximum Gasteiger partial charge on any atom is 0.417 e. The van der Waals surface area contributed by atoms with Crippen molar-refractivity contribution in [3.05, 3.63) is 33.4 Å². The van der Waals surface area contributed by atoms with Crippen LogP contribution in [0.25, 0.3) is 0 Å². The second kappa shape index (κ2) is 8.22. The standard InChI is InChI=1S/C17H19ClF3N5OS/c1-10-11(2)28-16(23-10)24-14(27)9-25-3-5-26(6-4-25)15-13(18)7-12(8-22-15)17(19,20)21/h7-8H,3-6,9H2,1-2H3,(H,23,24,27). The summed E-state index contributed by atoms with van der Waals surface area (Å²) >= 11 is 7.44. The molecule has 0 atom stereocenters. The van der Waals surface area contributed by atoms with Crippen LogP contribution in [0, 0.1) is 13.8 Å². The fourth-order valence-electron chi connectivity index (χ4n) is 2.82. The minimum absolute atomic E-state index is 0.0319. The fourth-order valence-corrected chi connectivity index (χ4v) is 3.94. The zero-order valence-corrected chi connectivity index (χ0v) is 16.9. The second-order valence-electron chi connectivity index (χ2n) is 6.50.